The van der Waals surface area contributed by atoms with Crippen LogP contribution in [0.2, 0.25) is 0 Å². The fraction of sp³-hybridized carbons (Fsp3) is 0.857. The van der Waals surface area contributed by atoms with Gasteiger partial charge in [0.15, 0.2) is 5.78 Å². The normalized spacial score (nSPS) is 14.3. The van der Waals surface area contributed by atoms with E-state index in [1.165, 1.54) is 0 Å². The van der Waals surface area contributed by atoms with E-state index >= 15 is 0 Å². The molecule has 0 saturated carbocycles. The van der Waals surface area contributed by atoms with E-state index in [-0.39, 0.29) is 28.6 Å². The summed E-state index contributed by atoms with van der Waals surface area (Å²) in [5.41, 5.74) is -0.289. The second-order valence-corrected chi connectivity index (χ2v) is 6.92. The number of carbonyl (C=O) groups excluding carboxylic acids is 2. The van der Waals surface area contributed by atoms with E-state index in [0.29, 0.717) is 12.8 Å². The molecule has 0 aromatic rings. The van der Waals surface area contributed by atoms with Crippen LogP contribution in [0.15, 0.2) is 0 Å². The molecule has 0 spiro atoms. The Morgan fingerprint density at radius 1 is 1.06 bits per heavy atom. The van der Waals surface area contributed by atoms with Crippen LogP contribution in [0.3, 0.4) is 0 Å². The highest BCUT2D eigenvalue weighted by atomic mass is 16.2. The molecule has 0 rings (SSSR count). The zero-order chi connectivity index (χ0) is 13.9. The van der Waals surface area contributed by atoms with Crippen molar-refractivity contribution in [3.05, 3.63) is 0 Å². The molecule has 3 heteroatoms. The van der Waals surface area contributed by atoms with Crippen LogP contribution in [-0.4, -0.2) is 17.7 Å². The number of Topliss-reactive ketones (excluding diaryl/α,β-unsaturated/α-hetero) is 1. The predicted molar refractivity (Wildman–Crippen MR) is 70.8 cm³/mol. The number of carbonyl (C=O) groups is 2. The van der Waals surface area contributed by atoms with Crippen LogP contribution in [0.4, 0.5) is 0 Å². The summed E-state index contributed by atoms with van der Waals surface area (Å²) in [6.45, 7) is 13.8. The third-order valence-corrected chi connectivity index (χ3v) is 2.53. The zero-order valence-corrected chi connectivity index (χ0v) is 12.3. The van der Waals surface area contributed by atoms with Crippen molar-refractivity contribution in [2.45, 2.75) is 67.3 Å². The van der Waals surface area contributed by atoms with Crippen LogP contribution in [0.1, 0.15) is 61.3 Å². The standard InChI is InChI=1S/C14H27NO2/c1-8-10(16)12(14(5,6)7)15-11(17)9-13(2,3)4/h12H,8-9H2,1-7H3,(H,15,17)/t12-/m1/s1. The van der Waals surface area contributed by atoms with Gasteiger partial charge in [-0.2, -0.15) is 0 Å². The minimum atomic E-state index is -0.387. The van der Waals surface area contributed by atoms with Gasteiger partial charge in [0.05, 0.1) is 6.04 Å². The Bertz CT molecular complexity index is 282. The van der Waals surface area contributed by atoms with Crippen molar-refractivity contribution in [2.75, 3.05) is 0 Å². The molecule has 0 aliphatic rings. The number of rotatable bonds is 4. The van der Waals surface area contributed by atoms with Crippen molar-refractivity contribution in [1.82, 2.24) is 5.32 Å². The Labute approximate surface area is 105 Å². The summed E-state index contributed by atoms with van der Waals surface area (Å²) in [6, 6.07) is -0.387. The van der Waals surface area contributed by atoms with Crippen LogP contribution >= 0.6 is 0 Å². The van der Waals surface area contributed by atoms with Crippen molar-refractivity contribution >= 4 is 11.7 Å². The van der Waals surface area contributed by atoms with Gasteiger partial charge in [-0.1, -0.05) is 48.5 Å². The molecular weight excluding hydrogens is 214 g/mol. The Kier molecular flexibility index (Phi) is 5.37. The Morgan fingerprint density at radius 2 is 1.53 bits per heavy atom. The number of ketones is 1. The van der Waals surface area contributed by atoms with Crippen LogP contribution in [-0.2, 0) is 9.59 Å². The van der Waals surface area contributed by atoms with Crippen molar-refractivity contribution < 1.29 is 9.59 Å². The molecule has 1 amide bonds. The van der Waals surface area contributed by atoms with Crippen LogP contribution in [0.25, 0.3) is 0 Å². The van der Waals surface area contributed by atoms with E-state index in [2.05, 4.69) is 5.32 Å². The number of amides is 1. The van der Waals surface area contributed by atoms with E-state index in [4.69, 9.17) is 0 Å². The Balaban J connectivity index is 4.67. The van der Waals surface area contributed by atoms with Crippen molar-refractivity contribution in [2.24, 2.45) is 10.8 Å². The lowest BCUT2D eigenvalue weighted by atomic mass is 9.82. The van der Waals surface area contributed by atoms with Crippen LogP contribution < -0.4 is 5.32 Å². The zero-order valence-electron chi connectivity index (χ0n) is 12.3. The average molecular weight is 241 g/mol. The fourth-order valence-corrected chi connectivity index (χ4v) is 1.68. The average Bonchev–Trinajstić information content (AvgIpc) is 2.08. The first-order valence-corrected chi connectivity index (χ1v) is 6.29. The van der Waals surface area contributed by atoms with E-state index in [0.717, 1.165) is 0 Å². The lowest BCUT2D eigenvalue weighted by Gasteiger charge is -2.31. The SMILES string of the molecule is CCC(=O)[C@@H](NC(=O)CC(C)(C)C)C(C)(C)C. The molecule has 1 N–H and O–H groups in total. The summed E-state index contributed by atoms with van der Waals surface area (Å²) in [6.07, 6.45) is 0.897. The maximum atomic E-state index is 11.9. The van der Waals surface area contributed by atoms with E-state index < -0.39 is 0 Å². The lowest BCUT2D eigenvalue weighted by Crippen LogP contribution is -2.49. The van der Waals surface area contributed by atoms with Gasteiger partial charge in [-0.25, -0.2) is 0 Å². The van der Waals surface area contributed by atoms with E-state index in [1.54, 1.807) is 0 Å². The first-order chi connectivity index (χ1) is 7.47. The highest BCUT2D eigenvalue weighted by Crippen LogP contribution is 2.23. The largest absolute Gasteiger partial charge is 0.346 e. The van der Waals surface area contributed by atoms with Crippen molar-refractivity contribution in [1.29, 1.82) is 0 Å². The third-order valence-electron chi connectivity index (χ3n) is 2.53. The smallest absolute Gasteiger partial charge is 0.221 e. The van der Waals surface area contributed by atoms with Gasteiger partial charge in [-0.05, 0) is 10.8 Å². The van der Waals surface area contributed by atoms with Gasteiger partial charge < -0.3 is 5.32 Å². The van der Waals surface area contributed by atoms with Gasteiger partial charge in [0.1, 0.15) is 0 Å². The summed E-state index contributed by atoms with van der Waals surface area (Å²) < 4.78 is 0. The van der Waals surface area contributed by atoms with Crippen molar-refractivity contribution in [3.63, 3.8) is 0 Å². The third kappa shape index (κ3) is 6.44. The molecule has 17 heavy (non-hydrogen) atoms. The molecule has 0 heterocycles. The van der Waals surface area contributed by atoms with Crippen LogP contribution in [0.5, 0.6) is 0 Å². The summed E-state index contributed by atoms with van der Waals surface area (Å²) in [5.74, 6) is 0.0546. The molecule has 0 fully saturated rings. The predicted octanol–water partition coefficient (Wildman–Crippen LogP) is 2.93. The molecule has 1 atom stereocenters. The molecule has 0 aromatic carbocycles. The maximum absolute atomic E-state index is 11.9. The van der Waals surface area contributed by atoms with Gasteiger partial charge in [0.2, 0.25) is 5.91 Å². The summed E-state index contributed by atoms with van der Waals surface area (Å²) >= 11 is 0. The first-order valence-electron chi connectivity index (χ1n) is 6.29. The summed E-state index contributed by atoms with van der Waals surface area (Å²) in [4.78, 5) is 23.7. The Morgan fingerprint density at radius 3 is 1.82 bits per heavy atom. The van der Waals surface area contributed by atoms with Crippen LogP contribution in [0, 0.1) is 10.8 Å². The Hall–Kier alpha value is -0.860. The first kappa shape index (κ1) is 16.1. The molecule has 100 valence electrons. The fourth-order valence-electron chi connectivity index (χ4n) is 1.68. The van der Waals surface area contributed by atoms with Gasteiger partial charge in [0.25, 0.3) is 0 Å². The maximum Gasteiger partial charge on any atom is 0.221 e. The molecule has 0 unspecified atom stereocenters. The minimum absolute atomic E-state index is 0.0424. The molecule has 0 aliphatic carbocycles. The highest BCUT2D eigenvalue weighted by molar-refractivity contribution is 5.89. The van der Waals surface area contributed by atoms with E-state index in [9.17, 15) is 9.59 Å². The quantitative estimate of drug-likeness (QED) is 0.822. The summed E-state index contributed by atoms with van der Waals surface area (Å²) in [7, 11) is 0. The van der Waals surface area contributed by atoms with E-state index in [1.807, 2.05) is 48.5 Å². The minimum Gasteiger partial charge on any atom is -0.346 e. The number of hydrogen-bond donors (Lipinski definition) is 1. The molecule has 0 aromatic heterocycles. The molecule has 0 bridgehead atoms. The number of nitrogens with one attached hydrogen (secondary N) is 1. The van der Waals surface area contributed by atoms with Gasteiger partial charge >= 0.3 is 0 Å². The van der Waals surface area contributed by atoms with Gasteiger partial charge in [-0.15, -0.1) is 0 Å². The number of hydrogen-bond acceptors (Lipinski definition) is 2. The van der Waals surface area contributed by atoms with Gasteiger partial charge in [0, 0.05) is 12.8 Å². The molecule has 0 aliphatic heterocycles. The molecular formula is C14H27NO2. The second kappa shape index (κ2) is 5.65. The molecule has 3 nitrogen and oxygen atoms in total. The highest BCUT2D eigenvalue weighted by Gasteiger charge is 2.32. The molecule has 0 radical (unpaired) electrons. The summed E-state index contributed by atoms with van der Waals surface area (Å²) in [5, 5.41) is 2.88. The second-order valence-electron chi connectivity index (χ2n) is 6.92. The molecule has 0 saturated heterocycles. The topological polar surface area (TPSA) is 46.2 Å². The van der Waals surface area contributed by atoms with Crippen molar-refractivity contribution in [3.8, 4) is 0 Å². The monoisotopic (exact) mass is 241 g/mol. The lowest BCUT2D eigenvalue weighted by molar-refractivity contribution is -0.131. The van der Waals surface area contributed by atoms with Gasteiger partial charge in [-0.3, -0.25) is 9.59 Å².